The van der Waals surface area contributed by atoms with Gasteiger partial charge in [-0.2, -0.15) is 0 Å². The highest BCUT2D eigenvalue weighted by Gasteiger charge is 2.28. The van der Waals surface area contributed by atoms with E-state index in [4.69, 9.17) is 0 Å². The molecule has 1 aliphatic rings. The SMILES string of the molecule is O=C(Cc1cccc(Br)c1)[C@@H]1C[C@@H](F)CN1. The molecule has 1 N–H and O–H groups in total. The van der Waals surface area contributed by atoms with Gasteiger partial charge in [0.1, 0.15) is 6.17 Å². The molecule has 86 valence electrons. The Hall–Kier alpha value is -0.740. The van der Waals surface area contributed by atoms with E-state index in [1.165, 1.54) is 0 Å². The molecule has 0 aromatic heterocycles. The summed E-state index contributed by atoms with van der Waals surface area (Å²) >= 11 is 3.36. The summed E-state index contributed by atoms with van der Waals surface area (Å²) in [5.74, 6) is 0.0678. The van der Waals surface area contributed by atoms with Gasteiger partial charge in [0.15, 0.2) is 5.78 Å². The Kier molecular flexibility index (Phi) is 3.71. The van der Waals surface area contributed by atoms with Gasteiger partial charge in [0, 0.05) is 23.9 Å². The predicted molar refractivity (Wildman–Crippen MR) is 64.2 cm³/mol. The van der Waals surface area contributed by atoms with Gasteiger partial charge in [-0.25, -0.2) is 4.39 Å². The Bertz CT molecular complexity index is 396. The minimum atomic E-state index is -0.878. The molecule has 1 fully saturated rings. The first kappa shape index (κ1) is 11.7. The third kappa shape index (κ3) is 2.89. The van der Waals surface area contributed by atoms with Crippen LogP contribution in [0.1, 0.15) is 12.0 Å². The van der Waals surface area contributed by atoms with Crippen LogP contribution in [-0.2, 0) is 11.2 Å². The van der Waals surface area contributed by atoms with Crippen molar-refractivity contribution in [2.24, 2.45) is 0 Å². The van der Waals surface area contributed by atoms with Gasteiger partial charge in [0.25, 0.3) is 0 Å². The van der Waals surface area contributed by atoms with Crippen molar-refractivity contribution in [1.29, 1.82) is 0 Å². The number of hydrogen-bond acceptors (Lipinski definition) is 2. The van der Waals surface area contributed by atoms with E-state index in [1.807, 2.05) is 24.3 Å². The lowest BCUT2D eigenvalue weighted by molar-refractivity contribution is -0.120. The minimum Gasteiger partial charge on any atom is -0.304 e. The normalized spacial score (nSPS) is 24.6. The molecule has 0 radical (unpaired) electrons. The van der Waals surface area contributed by atoms with E-state index >= 15 is 0 Å². The van der Waals surface area contributed by atoms with Crippen molar-refractivity contribution in [3.63, 3.8) is 0 Å². The van der Waals surface area contributed by atoms with Crippen LogP contribution in [0.5, 0.6) is 0 Å². The first-order valence-electron chi connectivity index (χ1n) is 5.30. The molecule has 0 spiro atoms. The van der Waals surface area contributed by atoms with Gasteiger partial charge in [-0.15, -0.1) is 0 Å². The van der Waals surface area contributed by atoms with Gasteiger partial charge < -0.3 is 5.32 Å². The van der Waals surface area contributed by atoms with Gasteiger partial charge in [-0.05, 0) is 17.7 Å². The molecule has 0 amide bonds. The van der Waals surface area contributed by atoms with Crippen LogP contribution in [0.3, 0.4) is 0 Å². The third-order valence-corrected chi connectivity index (χ3v) is 3.23. The fourth-order valence-electron chi connectivity index (χ4n) is 1.91. The number of ketones is 1. The first-order chi connectivity index (χ1) is 7.65. The van der Waals surface area contributed by atoms with Crippen LogP contribution in [0.2, 0.25) is 0 Å². The van der Waals surface area contributed by atoms with E-state index in [0.717, 1.165) is 10.0 Å². The maximum atomic E-state index is 12.9. The molecule has 1 saturated heterocycles. The highest BCUT2D eigenvalue weighted by Crippen LogP contribution is 2.16. The zero-order chi connectivity index (χ0) is 11.5. The summed E-state index contributed by atoms with van der Waals surface area (Å²) in [6.45, 7) is 0.300. The number of rotatable bonds is 3. The average molecular weight is 286 g/mol. The number of carbonyl (C=O) groups is 1. The summed E-state index contributed by atoms with van der Waals surface area (Å²) in [6.07, 6.45) is -0.201. The van der Waals surface area contributed by atoms with Gasteiger partial charge in [-0.1, -0.05) is 28.1 Å². The highest BCUT2D eigenvalue weighted by molar-refractivity contribution is 9.10. The van der Waals surface area contributed by atoms with E-state index in [2.05, 4.69) is 21.2 Å². The summed E-state index contributed by atoms with van der Waals surface area (Å²) < 4.78 is 13.9. The lowest BCUT2D eigenvalue weighted by Gasteiger charge is -2.08. The summed E-state index contributed by atoms with van der Waals surface area (Å²) in [6, 6.07) is 7.32. The Labute approximate surface area is 102 Å². The molecule has 0 unspecified atom stereocenters. The molecule has 1 aromatic carbocycles. The van der Waals surface area contributed by atoms with Crippen LogP contribution in [0.4, 0.5) is 4.39 Å². The van der Waals surface area contributed by atoms with Gasteiger partial charge in [-0.3, -0.25) is 4.79 Å². The van der Waals surface area contributed by atoms with E-state index in [1.54, 1.807) is 0 Å². The Balaban J connectivity index is 1.97. The van der Waals surface area contributed by atoms with E-state index in [9.17, 15) is 9.18 Å². The van der Waals surface area contributed by atoms with Crippen LogP contribution in [-0.4, -0.2) is 24.5 Å². The summed E-state index contributed by atoms with van der Waals surface area (Å²) in [5, 5.41) is 2.90. The summed E-state index contributed by atoms with van der Waals surface area (Å²) in [5.41, 5.74) is 0.962. The second-order valence-electron chi connectivity index (χ2n) is 4.07. The van der Waals surface area contributed by atoms with E-state index < -0.39 is 6.17 Å². The maximum Gasteiger partial charge on any atom is 0.154 e. The van der Waals surface area contributed by atoms with Gasteiger partial charge >= 0.3 is 0 Å². The van der Waals surface area contributed by atoms with E-state index in [0.29, 0.717) is 19.4 Å². The van der Waals surface area contributed by atoms with Crippen LogP contribution >= 0.6 is 15.9 Å². The van der Waals surface area contributed by atoms with Gasteiger partial charge in [0.2, 0.25) is 0 Å². The third-order valence-electron chi connectivity index (χ3n) is 2.73. The topological polar surface area (TPSA) is 29.1 Å². The average Bonchev–Trinajstić information content (AvgIpc) is 2.65. The zero-order valence-corrected chi connectivity index (χ0v) is 10.3. The van der Waals surface area contributed by atoms with Crippen LogP contribution in [0.15, 0.2) is 28.7 Å². The van der Waals surface area contributed by atoms with Gasteiger partial charge in [0.05, 0.1) is 6.04 Å². The quantitative estimate of drug-likeness (QED) is 0.923. The number of halogens is 2. The number of nitrogens with one attached hydrogen (secondary N) is 1. The molecule has 0 bridgehead atoms. The highest BCUT2D eigenvalue weighted by atomic mass is 79.9. The molecule has 0 saturated carbocycles. The lowest BCUT2D eigenvalue weighted by Crippen LogP contribution is -2.31. The molecule has 2 nitrogen and oxygen atoms in total. The fraction of sp³-hybridized carbons (Fsp3) is 0.417. The zero-order valence-electron chi connectivity index (χ0n) is 8.75. The first-order valence-corrected chi connectivity index (χ1v) is 6.09. The minimum absolute atomic E-state index is 0.0678. The molecule has 2 rings (SSSR count). The van der Waals surface area contributed by atoms with Crippen molar-refractivity contribution < 1.29 is 9.18 Å². The van der Waals surface area contributed by atoms with E-state index in [-0.39, 0.29) is 11.8 Å². The Morgan fingerprint density at radius 1 is 1.56 bits per heavy atom. The standard InChI is InChI=1S/C12H13BrFNO/c13-9-3-1-2-8(4-9)5-12(16)11-6-10(14)7-15-11/h1-4,10-11,15H,5-7H2/t10-,11+/m1/s1. The molecule has 4 heteroatoms. The van der Waals surface area contributed by atoms with Crippen LogP contribution < -0.4 is 5.32 Å². The van der Waals surface area contributed by atoms with Crippen molar-refractivity contribution in [3.05, 3.63) is 34.3 Å². The van der Waals surface area contributed by atoms with Crippen molar-refractivity contribution >= 4 is 21.7 Å². The number of carbonyl (C=O) groups excluding carboxylic acids is 1. The van der Waals surface area contributed by atoms with Crippen molar-refractivity contribution in [2.45, 2.75) is 25.1 Å². The molecule has 1 aromatic rings. The maximum absolute atomic E-state index is 12.9. The lowest BCUT2D eigenvalue weighted by atomic mass is 10.0. The largest absolute Gasteiger partial charge is 0.304 e. The van der Waals surface area contributed by atoms with Crippen molar-refractivity contribution in [1.82, 2.24) is 5.32 Å². The number of benzene rings is 1. The molecule has 0 aliphatic carbocycles. The smallest absolute Gasteiger partial charge is 0.154 e. The second kappa shape index (κ2) is 5.06. The molecule has 2 atom stereocenters. The number of Topliss-reactive ketones (excluding diaryl/α,β-unsaturated/α-hetero) is 1. The number of alkyl halides is 1. The van der Waals surface area contributed by atoms with Crippen LogP contribution in [0.25, 0.3) is 0 Å². The fourth-order valence-corrected chi connectivity index (χ4v) is 2.36. The number of hydrogen-bond donors (Lipinski definition) is 1. The Morgan fingerprint density at radius 3 is 3.00 bits per heavy atom. The molecule has 1 aliphatic heterocycles. The van der Waals surface area contributed by atoms with Crippen LogP contribution in [0, 0.1) is 0 Å². The predicted octanol–water partition coefficient (Wildman–Crippen LogP) is 2.26. The summed E-state index contributed by atoms with van der Waals surface area (Å²) in [7, 11) is 0. The molecular formula is C12H13BrFNO. The monoisotopic (exact) mass is 285 g/mol. The molecular weight excluding hydrogens is 273 g/mol. The molecule has 1 heterocycles. The van der Waals surface area contributed by atoms with Crippen molar-refractivity contribution in [2.75, 3.05) is 6.54 Å². The Morgan fingerprint density at radius 2 is 2.38 bits per heavy atom. The van der Waals surface area contributed by atoms with Crippen molar-refractivity contribution in [3.8, 4) is 0 Å². The molecule has 16 heavy (non-hydrogen) atoms. The summed E-state index contributed by atoms with van der Waals surface area (Å²) in [4.78, 5) is 11.8. The second-order valence-corrected chi connectivity index (χ2v) is 4.98.